The van der Waals surface area contributed by atoms with Crippen LogP contribution in [0.1, 0.15) is 25.7 Å². The molecular formula is C12H22O8. The van der Waals surface area contributed by atoms with Crippen molar-refractivity contribution in [2.24, 2.45) is 0 Å². The Bertz CT molecular complexity index is 323. The minimum Gasteiger partial charge on any atom is -0.481 e. The Morgan fingerprint density at radius 3 is 2.60 bits per heavy atom. The Morgan fingerprint density at radius 1 is 1.40 bits per heavy atom. The van der Waals surface area contributed by atoms with E-state index in [1.54, 1.807) is 0 Å². The van der Waals surface area contributed by atoms with E-state index in [1.807, 2.05) is 0 Å². The van der Waals surface area contributed by atoms with Crippen LogP contribution in [0.3, 0.4) is 0 Å². The van der Waals surface area contributed by atoms with Gasteiger partial charge in [0.1, 0.15) is 23.9 Å². The average Bonchev–Trinajstić information content (AvgIpc) is 2.36. The molecule has 8 heteroatoms. The van der Waals surface area contributed by atoms with Gasteiger partial charge in [-0.2, -0.15) is 0 Å². The standard InChI is InChI=1S/C12H22O8/c13-5-8-11(18)12(19,9(15)6-20-8)4-7(14)2-1-3-10(16)17/h7-9,11,13-15,18-19H,1-6H2,(H,16,17)/t7?,8-,9+,11-,12+/m1/s1. The van der Waals surface area contributed by atoms with Crippen molar-refractivity contribution in [3.05, 3.63) is 0 Å². The molecule has 8 nitrogen and oxygen atoms in total. The van der Waals surface area contributed by atoms with Crippen LogP contribution in [0.15, 0.2) is 0 Å². The summed E-state index contributed by atoms with van der Waals surface area (Å²) in [7, 11) is 0. The Labute approximate surface area is 116 Å². The molecule has 5 atom stereocenters. The van der Waals surface area contributed by atoms with Crippen LogP contribution >= 0.6 is 0 Å². The normalized spacial score (nSPS) is 35.8. The molecule has 0 aliphatic carbocycles. The smallest absolute Gasteiger partial charge is 0.303 e. The number of hydrogen-bond acceptors (Lipinski definition) is 7. The van der Waals surface area contributed by atoms with Crippen molar-refractivity contribution in [3.8, 4) is 0 Å². The predicted molar refractivity (Wildman–Crippen MR) is 65.9 cm³/mol. The molecule has 0 aromatic carbocycles. The lowest BCUT2D eigenvalue weighted by Crippen LogP contribution is -2.64. The molecule has 0 aromatic heterocycles. The van der Waals surface area contributed by atoms with Gasteiger partial charge in [0.2, 0.25) is 0 Å². The highest BCUT2D eigenvalue weighted by molar-refractivity contribution is 5.66. The number of carbonyl (C=O) groups is 1. The second-order valence-electron chi connectivity index (χ2n) is 5.15. The van der Waals surface area contributed by atoms with Crippen LogP contribution in [0.2, 0.25) is 0 Å². The lowest BCUT2D eigenvalue weighted by Gasteiger charge is -2.45. The molecule has 0 bridgehead atoms. The fourth-order valence-electron chi connectivity index (χ4n) is 2.35. The van der Waals surface area contributed by atoms with Gasteiger partial charge in [-0.1, -0.05) is 0 Å². The number of carboxylic acids is 1. The van der Waals surface area contributed by atoms with Crippen molar-refractivity contribution in [1.29, 1.82) is 0 Å². The van der Waals surface area contributed by atoms with Crippen molar-refractivity contribution < 1.29 is 40.2 Å². The highest BCUT2D eigenvalue weighted by atomic mass is 16.5. The summed E-state index contributed by atoms with van der Waals surface area (Å²) < 4.78 is 4.97. The third kappa shape index (κ3) is 4.11. The number of aliphatic carboxylic acids is 1. The van der Waals surface area contributed by atoms with E-state index in [1.165, 1.54) is 0 Å². The molecule has 0 amide bonds. The van der Waals surface area contributed by atoms with E-state index in [0.29, 0.717) is 0 Å². The zero-order chi connectivity index (χ0) is 15.3. The van der Waals surface area contributed by atoms with Crippen LogP contribution in [0.4, 0.5) is 0 Å². The van der Waals surface area contributed by atoms with Gasteiger partial charge in [-0.25, -0.2) is 0 Å². The zero-order valence-corrected chi connectivity index (χ0v) is 11.1. The van der Waals surface area contributed by atoms with Gasteiger partial charge in [0.15, 0.2) is 0 Å². The lowest BCUT2D eigenvalue weighted by molar-refractivity contribution is -0.255. The minimum atomic E-state index is -1.99. The first kappa shape index (κ1) is 17.3. The highest BCUT2D eigenvalue weighted by Crippen LogP contribution is 2.31. The van der Waals surface area contributed by atoms with Gasteiger partial charge in [0.25, 0.3) is 0 Å². The number of hydrogen-bond donors (Lipinski definition) is 6. The van der Waals surface area contributed by atoms with Gasteiger partial charge in [0.05, 0.1) is 19.3 Å². The van der Waals surface area contributed by atoms with E-state index in [9.17, 15) is 25.2 Å². The summed E-state index contributed by atoms with van der Waals surface area (Å²) in [6, 6.07) is 0. The molecule has 1 heterocycles. The van der Waals surface area contributed by atoms with Crippen LogP contribution in [0.25, 0.3) is 0 Å². The average molecular weight is 294 g/mol. The van der Waals surface area contributed by atoms with Crippen LogP contribution in [-0.2, 0) is 9.53 Å². The second-order valence-corrected chi connectivity index (χ2v) is 5.15. The molecule has 0 radical (unpaired) electrons. The largest absolute Gasteiger partial charge is 0.481 e. The monoisotopic (exact) mass is 294 g/mol. The molecule has 1 aliphatic rings. The Kier molecular flexibility index (Phi) is 6.31. The van der Waals surface area contributed by atoms with Crippen LogP contribution in [0.5, 0.6) is 0 Å². The van der Waals surface area contributed by atoms with E-state index >= 15 is 0 Å². The third-order valence-electron chi connectivity index (χ3n) is 3.58. The molecule has 1 rings (SSSR count). The van der Waals surface area contributed by atoms with Crippen molar-refractivity contribution in [2.45, 2.75) is 55.7 Å². The minimum absolute atomic E-state index is 0.108. The Morgan fingerprint density at radius 2 is 2.05 bits per heavy atom. The van der Waals surface area contributed by atoms with E-state index in [0.717, 1.165) is 0 Å². The summed E-state index contributed by atoms with van der Waals surface area (Å²) in [5, 5.41) is 57.3. The maximum absolute atomic E-state index is 10.4. The number of carboxylic acid groups (broad SMARTS) is 1. The van der Waals surface area contributed by atoms with E-state index in [-0.39, 0.29) is 32.3 Å². The number of rotatable bonds is 7. The van der Waals surface area contributed by atoms with Gasteiger partial charge in [-0.3, -0.25) is 4.79 Å². The second kappa shape index (κ2) is 7.30. The van der Waals surface area contributed by atoms with Gasteiger partial charge >= 0.3 is 5.97 Å². The van der Waals surface area contributed by atoms with Crippen LogP contribution < -0.4 is 0 Å². The van der Waals surface area contributed by atoms with Gasteiger partial charge < -0.3 is 35.4 Å². The molecule has 1 fully saturated rings. The number of ether oxygens (including phenoxy) is 1. The van der Waals surface area contributed by atoms with E-state index < -0.39 is 42.6 Å². The molecule has 20 heavy (non-hydrogen) atoms. The molecule has 0 aromatic rings. The quantitative estimate of drug-likeness (QED) is 0.311. The summed E-state index contributed by atoms with van der Waals surface area (Å²) in [6.07, 6.45) is -5.12. The summed E-state index contributed by atoms with van der Waals surface area (Å²) in [4.78, 5) is 10.4. The van der Waals surface area contributed by atoms with Crippen molar-refractivity contribution in [2.75, 3.05) is 13.2 Å². The first-order valence-corrected chi connectivity index (χ1v) is 6.52. The Hall–Kier alpha value is -0.770. The van der Waals surface area contributed by atoms with Crippen LogP contribution in [0, 0.1) is 0 Å². The first-order valence-electron chi connectivity index (χ1n) is 6.52. The molecular weight excluding hydrogens is 272 g/mol. The molecule has 1 unspecified atom stereocenters. The van der Waals surface area contributed by atoms with Crippen molar-refractivity contribution in [3.63, 3.8) is 0 Å². The fraction of sp³-hybridized carbons (Fsp3) is 0.917. The predicted octanol–water partition coefficient (Wildman–Crippen LogP) is -2.16. The van der Waals surface area contributed by atoms with Gasteiger partial charge in [-0.05, 0) is 12.8 Å². The maximum Gasteiger partial charge on any atom is 0.303 e. The molecule has 1 saturated heterocycles. The first-order chi connectivity index (χ1) is 9.31. The van der Waals surface area contributed by atoms with Crippen LogP contribution in [-0.4, -0.2) is 79.8 Å². The zero-order valence-electron chi connectivity index (χ0n) is 11.1. The summed E-state index contributed by atoms with van der Waals surface area (Å²) in [6.45, 7) is -0.786. The topological polar surface area (TPSA) is 148 Å². The lowest BCUT2D eigenvalue weighted by atomic mass is 9.80. The number of aliphatic hydroxyl groups excluding tert-OH is 4. The molecule has 118 valence electrons. The summed E-state index contributed by atoms with van der Waals surface area (Å²) >= 11 is 0. The third-order valence-corrected chi connectivity index (χ3v) is 3.58. The maximum atomic E-state index is 10.4. The molecule has 0 saturated carbocycles. The summed E-state index contributed by atoms with van der Waals surface area (Å²) in [5.41, 5.74) is -1.99. The molecule has 0 spiro atoms. The highest BCUT2D eigenvalue weighted by Gasteiger charge is 2.51. The fourth-order valence-corrected chi connectivity index (χ4v) is 2.35. The van der Waals surface area contributed by atoms with Crippen molar-refractivity contribution in [1.82, 2.24) is 0 Å². The van der Waals surface area contributed by atoms with E-state index in [2.05, 4.69) is 0 Å². The van der Waals surface area contributed by atoms with E-state index in [4.69, 9.17) is 14.9 Å². The Balaban J connectivity index is 2.58. The molecule has 1 aliphatic heterocycles. The van der Waals surface area contributed by atoms with Crippen molar-refractivity contribution >= 4 is 5.97 Å². The van der Waals surface area contributed by atoms with Gasteiger partial charge in [-0.15, -0.1) is 0 Å². The summed E-state index contributed by atoms with van der Waals surface area (Å²) in [5.74, 6) is -0.984. The molecule has 6 N–H and O–H groups in total. The van der Waals surface area contributed by atoms with Gasteiger partial charge in [0, 0.05) is 12.8 Å². The number of aliphatic hydroxyl groups is 5. The SMILES string of the molecule is O=C(O)CCCC(O)C[C@@]1(O)[C@H](O)[C@@H](CO)OC[C@@H]1O.